The van der Waals surface area contributed by atoms with Crippen molar-refractivity contribution >= 4 is 16.7 Å². The van der Waals surface area contributed by atoms with Crippen molar-refractivity contribution in [3.05, 3.63) is 54.2 Å². The summed E-state index contributed by atoms with van der Waals surface area (Å²) < 4.78 is 24.4. The van der Waals surface area contributed by atoms with Gasteiger partial charge in [0.25, 0.3) is 0 Å². The molecule has 0 aliphatic heterocycles. The summed E-state index contributed by atoms with van der Waals surface area (Å²) in [5, 5.41) is 32.5. The van der Waals surface area contributed by atoms with Crippen LogP contribution in [0, 0.1) is 12.7 Å². The molecule has 1 aliphatic carbocycles. The molecule has 3 aromatic heterocycles. The average Bonchev–Trinajstić information content (AvgIpc) is 3.55. The van der Waals surface area contributed by atoms with E-state index in [0.29, 0.717) is 24.3 Å². The zero-order valence-corrected chi connectivity index (χ0v) is 21.8. The van der Waals surface area contributed by atoms with Gasteiger partial charge < -0.3 is 20.3 Å². The van der Waals surface area contributed by atoms with E-state index in [9.17, 15) is 9.50 Å². The summed E-state index contributed by atoms with van der Waals surface area (Å²) >= 11 is 0. The van der Waals surface area contributed by atoms with Gasteiger partial charge in [-0.3, -0.25) is 9.36 Å². The molecule has 0 bridgehead atoms. The van der Waals surface area contributed by atoms with Crippen molar-refractivity contribution in [1.29, 1.82) is 0 Å². The number of pyridine rings is 1. The first-order valence-electron chi connectivity index (χ1n) is 13.3. The molecule has 1 aliphatic rings. The molecular weight excluding hydrogens is 487 g/mol. The zero-order chi connectivity index (χ0) is 26.6. The van der Waals surface area contributed by atoms with Crippen LogP contribution in [-0.2, 0) is 6.54 Å². The molecule has 10 heteroatoms. The van der Waals surface area contributed by atoms with Crippen LogP contribution in [0.2, 0.25) is 0 Å². The van der Waals surface area contributed by atoms with Crippen LogP contribution in [0.25, 0.3) is 22.2 Å². The summed E-state index contributed by atoms with van der Waals surface area (Å²) in [6.45, 7) is 4.78. The first-order chi connectivity index (χ1) is 18.5. The number of rotatable bonds is 10. The van der Waals surface area contributed by atoms with Crippen molar-refractivity contribution < 1.29 is 19.3 Å². The number of nitrogens with one attached hydrogen (secondary N) is 1. The molecular formula is C28H35FN6O3. The predicted octanol–water partition coefficient (Wildman–Crippen LogP) is 4.48. The number of halogens is 1. The number of aliphatic hydroxyl groups is 2. The molecule has 5 rings (SSSR count). The minimum absolute atomic E-state index is 0.0321. The molecule has 1 saturated carbocycles. The number of hydrogen-bond donors (Lipinski definition) is 3. The lowest BCUT2D eigenvalue weighted by Gasteiger charge is -2.29. The Morgan fingerprint density at radius 2 is 2.03 bits per heavy atom. The third-order valence-corrected chi connectivity index (χ3v) is 7.20. The second-order valence-electron chi connectivity index (χ2n) is 9.96. The molecule has 202 valence electrons. The molecule has 1 fully saturated rings. The maximum atomic E-state index is 14.5. The van der Waals surface area contributed by atoms with Crippen molar-refractivity contribution in [3.63, 3.8) is 0 Å². The van der Waals surface area contributed by atoms with E-state index in [1.807, 2.05) is 31.5 Å². The lowest BCUT2D eigenvalue weighted by atomic mass is 9.93. The molecule has 4 aromatic rings. The Morgan fingerprint density at radius 1 is 1.21 bits per heavy atom. The van der Waals surface area contributed by atoms with Crippen LogP contribution >= 0.6 is 0 Å². The zero-order valence-electron chi connectivity index (χ0n) is 21.8. The third kappa shape index (κ3) is 5.51. The maximum absolute atomic E-state index is 14.5. The van der Waals surface area contributed by atoms with Crippen LogP contribution in [0.15, 0.2) is 42.9 Å². The van der Waals surface area contributed by atoms with Crippen LogP contribution in [0.3, 0.4) is 0 Å². The Hall–Kier alpha value is -3.50. The van der Waals surface area contributed by atoms with E-state index in [4.69, 9.17) is 14.9 Å². The highest BCUT2D eigenvalue weighted by Crippen LogP contribution is 2.37. The van der Waals surface area contributed by atoms with Crippen LogP contribution < -0.4 is 10.1 Å². The Balaban J connectivity index is 1.38. The fourth-order valence-electron chi connectivity index (χ4n) is 5.08. The van der Waals surface area contributed by atoms with Crippen molar-refractivity contribution in [2.75, 3.05) is 18.5 Å². The fourth-order valence-corrected chi connectivity index (χ4v) is 5.08. The first-order valence-corrected chi connectivity index (χ1v) is 13.3. The molecule has 1 atom stereocenters. The molecule has 1 aromatic carbocycles. The van der Waals surface area contributed by atoms with Gasteiger partial charge in [0.05, 0.1) is 36.6 Å². The predicted molar refractivity (Wildman–Crippen MR) is 144 cm³/mol. The highest BCUT2D eigenvalue weighted by Gasteiger charge is 2.27. The molecule has 3 N–H and O–H groups in total. The number of benzene rings is 1. The molecule has 0 saturated heterocycles. The number of fused-ring (bicyclic) bond motifs is 1. The Bertz CT molecular complexity index is 1380. The summed E-state index contributed by atoms with van der Waals surface area (Å²) in [5.74, 6) is 0.839. The van der Waals surface area contributed by atoms with E-state index in [2.05, 4.69) is 20.1 Å². The van der Waals surface area contributed by atoms with Crippen LogP contribution in [0.1, 0.15) is 50.6 Å². The Labute approximate surface area is 221 Å². The van der Waals surface area contributed by atoms with Crippen LogP contribution in [0.5, 0.6) is 5.75 Å². The molecule has 0 unspecified atom stereocenters. The summed E-state index contributed by atoms with van der Waals surface area (Å²) in [4.78, 5) is 4.58. The first kappa shape index (κ1) is 26.1. The summed E-state index contributed by atoms with van der Waals surface area (Å²) in [6.07, 6.45) is 8.51. The highest BCUT2D eigenvalue weighted by molar-refractivity contribution is 5.93. The van der Waals surface area contributed by atoms with E-state index in [1.54, 1.807) is 29.9 Å². The molecule has 38 heavy (non-hydrogen) atoms. The van der Waals surface area contributed by atoms with Gasteiger partial charge in [-0.05, 0) is 57.6 Å². The monoisotopic (exact) mass is 522 g/mol. The average molecular weight is 523 g/mol. The Morgan fingerprint density at radius 3 is 2.79 bits per heavy atom. The van der Waals surface area contributed by atoms with E-state index in [1.165, 1.54) is 0 Å². The van der Waals surface area contributed by atoms with Gasteiger partial charge >= 0.3 is 0 Å². The molecule has 0 spiro atoms. The third-order valence-electron chi connectivity index (χ3n) is 7.20. The summed E-state index contributed by atoms with van der Waals surface area (Å²) in [5.41, 5.74) is 3.27. The van der Waals surface area contributed by atoms with Gasteiger partial charge in [-0.2, -0.15) is 10.2 Å². The van der Waals surface area contributed by atoms with E-state index in [-0.39, 0.29) is 24.6 Å². The van der Waals surface area contributed by atoms with Gasteiger partial charge in [-0.15, -0.1) is 0 Å². The number of hydrogen-bond acceptors (Lipinski definition) is 7. The lowest BCUT2D eigenvalue weighted by Crippen LogP contribution is -2.26. The summed E-state index contributed by atoms with van der Waals surface area (Å²) in [7, 11) is 0. The number of ether oxygens (including phenoxy) is 1. The van der Waals surface area contributed by atoms with E-state index >= 15 is 0 Å². The number of anilines is 1. The number of aryl methyl sites for hydroxylation is 2. The number of nitrogens with zero attached hydrogens (tertiary/aromatic N) is 5. The molecule has 3 heterocycles. The normalized spacial score (nSPS) is 18.6. The van der Waals surface area contributed by atoms with Gasteiger partial charge in [-0.25, -0.2) is 9.37 Å². The minimum atomic E-state index is -0.766. The largest absolute Gasteiger partial charge is 0.487 e. The van der Waals surface area contributed by atoms with Gasteiger partial charge in [0, 0.05) is 42.5 Å². The van der Waals surface area contributed by atoms with Crippen molar-refractivity contribution in [2.24, 2.45) is 0 Å². The maximum Gasteiger partial charge on any atom is 0.167 e. The van der Waals surface area contributed by atoms with Crippen LogP contribution in [-0.4, -0.2) is 60.1 Å². The molecule has 0 amide bonds. The van der Waals surface area contributed by atoms with Crippen molar-refractivity contribution in [3.8, 4) is 17.0 Å². The number of aromatic nitrogens is 5. The van der Waals surface area contributed by atoms with Crippen molar-refractivity contribution in [1.82, 2.24) is 24.5 Å². The minimum Gasteiger partial charge on any atom is -0.487 e. The van der Waals surface area contributed by atoms with Gasteiger partial charge in [0.2, 0.25) is 0 Å². The SMILES string of the molecule is CCNc1cc2c(cn1)c(-c1cnn(CC[C@@H](O)CO)c1)nn2C1CCC(Oc2cccc(C)c2F)CC1. The van der Waals surface area contributed by atoms with Gasteiger partial charge in [-0.1, -0.05) is 12.1 Å². The van der Waals surface area contributed by atoms with E-state index in [0.717, 1.165) is 60.2 Å². The van der Waals surface area contributed by atoms with Gasteiger partial charge in [0.15, 0.2) is 11.6 Å². The second kappa shape index (κ2) is 11.5. The van der Waals surface area contributed by atoms with E-state index < -0.39 is 6.10 Å². The quantitative estimate of drug-likeness (QED) is 0.282. The molecule has 9 nitrogen and oxygen atoms in total. The highest BCUT2D eigenvalue weighted by atomic mass is 19.1. The van der Waals surface area contributed by atoms with Crippen LogP contribution in [0.4, 0.5) is 10.2 Å². The fraction of sp³-hybridized carbons (Fsp3) is 0.464. The lowest BCUT2D eigenvalue weighted by molar-refractivity contribution is 0.0838. The standard InChI is InChI=1S/C28H35FN6O3/c1-3-30-26-13-24-23(15-31-26)28(19-14-32-34(16-19)12-11-21(37)17-36)33-35(24)20-7-9-22(10-8-20)38-25-6-4-5-18(2)27(25)29/h4-6,13-16,20-22,36-37H,3,7-12,17H2,1-2H3,(H,30,31)/t20?,21-,22?/m1/s1. The van der Waals surface area contributed by atoms with Crippen molar-refractivity contribution in [2.45, 2.75) is 70.7 Å². The van der Waals surface area contributed by atoms with Gasteiger partial charge in [0.1, 0.15) is 11.5 Å². The molecule has 0 radical (unpaired) electrons. The number of aliphatic hydroxyl groups excluding tert-OH is 2. The summed E-state index contributed by atoms with van der Waals surface area (Å²) in [6, 6.07) is 7.49. The second-order valence-corrected chi connectivity index (χ2v) is 9.96. The Kier molecular flexibility index (Phi) is 7.90. The topological polar surface area (TPSA) is 110 Å². The smallest absolute Gasteiger partial charge is 0.167 e.